The van der Waals surface area contributed by atoms with Crippen LogP contribution in [0.2, 0.25) is 0 Å². The van der Waals surface area contributed by atoms with E-state index in [-0.39, 0.29) is 0 Å². The molecule has 1 atom stereocenters. The van der Waals surface area contributed by atoms with Crippen molar-refractivity contribution >= 4 is 5.69 Å². The molecule has 0 heterocycles. The topological polar surface area (TPSA) is 6.48 Å². The number of nitrogens with zero attached hydrogens (tertiary/aromatic N) is 2. The molecule has 31 heavy (non-hydrogen) atoms. The van der Waals surface area contributed by atoms with Crippen LogP contribution >= 0.6 is 0 Å². The fourth-order valence-electron chi connectivity index (χ4n) is 5.24. The summed E-state index contributed by atoms with van der Waals surface area (Å²) in [7, 11) is 0. The van der Waals surface area contributed by atoms with Crippen molar-refractivity contribution in [3.63, 3.8) is 0 Å². The number of rotatable bonds is 14. The molecule has 0 spiro atoms. The Morgan fingerprint density at radius 2 is 1.48 bits per heavy atom. The Bertz CT molecular complexity index is 738. The van der Waals surface area contributed by atoms with Gasteiger partial charge in [-0.15, -0.1) is 6.58 Å². The van der Waals surface area contributed by atoms with E-state index >= 15 is 0 Å². The third-order valence-electron chi connectivity index (χ3n) is 6.74. The lowest BCUT2D eigenvalue weighted by Gasteiger charge is -2.36. The van der Waals surface area contributed by atoms with E-state index in [2.05, 4.69) is 90.9 Å². The van der Waals surface area contributed by atoms with Crippen LogP contribution in [0.4, 0.5) is 5.69 Å². The van der Waals surface area contributed by atoms with Gasteiger partial charge in [0.25, 0.3) is 0 Å². The molecule has 1 aliphatic rings. The minimum atomic E-state index is 0.569. The Labute approximate surface area is 191 Å². The maximum atomic E-state index is 3.94. The van der Waals surface area contributed by atoms with Gasteiger partial charge in [-0.3, -0.25) is 0 Å². The maximum absolute atomic E-state index is 3.94. The molecule has 1 aliphatic carbocycles. The predicted octanol–water partition coefficient (Wildman–Crippen LogP) is 6.90. The zero-order valence-electron chi connectivity index (χ0n) is 19.8. The van der Waals surface area contributed by atoms with Crippen LogP contribution in [0, 0.1) is 0 Å². The zero-order valence-corrected chi connectivity index (χ0v) is 19.8. The molecule has 0 amide bonds. The van der Waals surface area contributed by atoms with Crippen molar-refractivity contribution in [2.75, 3.05) is 24.5 Å². The second kappa shape index (κ2) is 12.7. The van der Waals surface area contributed by atoms with Crippen molar-refractivity contribution in [3.05, 3.63) is 78.4 Å². The van der Waals surface area contributed by atoms with E-state index in [1.807, 2.05) is 0 Å². The summed E-state index contributed by atoms with van der Waals surface area (Å²) < 4.78 is 0. The average molecular weight is 419 g/mol. The van der Waals surface area contributed by atoms with E-state index in [0.717, 1.165) is 13.0 Å². The summed E-state index contributed by atoms with van der Waals surface area (Å²) in [5.74, 6) is 0. The molecule has 2 aromatic rings. The molecule has 2 nitrogen and oxygen atoms in total. The molecule has 0 saturated carbocycles. The maximum Gasteiger partial charge on any atom is 0.0370 e. The van der Waals surface area contributed by atoms with Gasteiger partial charge in [0.15, 0.2) is 0 Å². The number of unbranched alkanes of at least 4 members (excludes halogenated alkanes) is 1. The van der Waals surface area contributed by atoms with Crippen LogP contribution in [0.25, 0.3) is 0 Å². The summed E-state index contributed by atoms with van der Waals surface area (Å²) >= 11 is 0. The lowest BCUT2D eigenvalue weighted by molar-refractivity contribution is 0.175. The number of benzene rings is 2. The normalized spacial score (nSPS) is 14.5. The van der Waals surface area contributed by atoms with E-state index in [4.69, 9.17) is 0 Å². The van der Waals surface area contributed by atoms with Gasteiger partial charge in [-0.05, 0) is 87.7 Å². The van der Waals surface area contributed by atoms with E-state index in [9.17, 15) is 0 Å². The molecule has 168 valence electrons. The Morgan fingerprint density at radius 3 is 2.06 bits per heavy atom. The second-order valence-corrected chi connectivity index (χ2v) is 9.06. The molecule has 0 saturated heterocycles. The monoisotopic (exact) mass is 418 g/mol. The molecule has 0 bridgehead atoms. The Hall–Kier alpha value is -2.06. The van der Waals surface area contributed by atoms with E-state index in [1.165, 1.54) is 74.8 Å². The molecule has 0 aromatic heterocycles. The molecule has 2 aromatic carbocycles. The van der Waals surface area contributed by atoms with Gasteiger partial charge in [0, 0.05) is 24.3 Å². The van der Waals surface area contributed by atoms with Crippen molar-refractivity contribution in [2.24, 2.45) is 0 Å². The van der Waals surface area contributed by atoms with Crippen molar-refractivity contribution in [1.82, 2.24) is 4.90 Å². The molecule has 2 heteroatoms. The number of para-hydroxylation sites is 1. The quantitative estimate of drug-likeness (QED) is 0.243. The van der Waals surface area contributed by atoms with Gasteiger partial charge in [0.1, 0.15) is 0 Å². The molecule has 0 fully saturated rings. The third-order valence-corrected chi connectivity index (χ3v) is 6.74. The van der Waals surface area contributed by atoms with Gasteiger partial charge >= 0.3 is 0 Å². The summed E-state index contributed by atoms with van der Waals surface area (Å²) in [6, 6.07) is 21.4. The van der Waals surface area contributed by atoms with Gasteiger partial charge in [-0.1, -0.05) is 62.4 Å². The van der Waals surface area contributed by atoms with Gasteiger partial charge in [-0.2, -0.15) is 0 Å². The molecule has 0 radical (unpaired) electrons. The fraction of sp³-hybridized carbons (Fsp3) is 0.517. The largest absolute Gasteiger partial charge is 0.368 e. The first-order valence-corrected chi connectivity index (χ1v) is 12.5. The number of allylic oxidation sites excluding steroid dienone is 1. The molecule has 0 unspecified atom stereocenters. The third kappa shape index (κ3) is 6.71. The first-order valence-electron chi connectivity index (χ1n) is 12.5. The minimum Gasteiger partial charge on any atom is -0.368 e. The van der Waals surface area contributed by atoms with E-state index < -0.39 is 0 Å². The SMILES string of the molecule is C=CCCC[C@@H](CCN(c1ccccc1)C1Cc2ccccc2C1)N(CCC)CCC. The number of hydrogen-bond donors (Lipinski definition) is 0. The highest BCUT2D eigenvalue weighted by atomic mass is 15.2. The lowest BCUT2D eigenvalue weighted by Crippen LogP contribution is -2.42. The number of fused-ring (bicyclic) bond motifs is 1. The number of hydrogen-bond acceptors (Lipinski definition) is 2. The van der Waals surface area contributed by atoms with Crippen LogP contribution in [0.5, 0.6) is 0 Å². The summed E-state index contributed by atoms with van der Waals surface area (Å²) in [5.41, 5.74) is 4.45. The van der Waals surface area contributed by atoms with Gasteiger partial charge < -0.3 is 9.80 Å². The first kappa shape index (κ1) is 23.6. The molecular formula is C29H42N2. The highest BCUT2D eigenvalue weighted by Gasteiger charge is 2.28. The molecular weight excluding hydrogens is 376 g/mol. The van der Waals surface area contributed by atoms with E-state index in [0.29, 0.717) is 12.1 Å². The smallest absolute Gasteiger partial charge is 0.0370 e. The highest BCUT2D eigenvalue weighted by Crippen LogP contribution is 2.30. The molecule has 0 aliphatic heterocycles. The van der Waals surface area contributed by atoms with Gasteiger partial charge in [-0.25, -0.2) is 0 Å². The van der Waals surface area contributed by atoms with Gasteiger partial charge in [0.05, 0.1) is 0 Å². The number of anilines is 1. The van der Waals surface area contributed by atoms with Crippen molar-refractivity contribution in [2.45, 2.75) is 77.3 Å². The molecule has 0 N–H and O–H groups in total. The Morgan fingerprint density at radius 1 is 0.871 bits per heavy atom. The van der Waals surface area contributed by atoms with E-state index in [1.54, 1.807) is 0 Å². The standard InChI is InChI=1S/C29H42N2/c1-4-7-9-16-27(30(20-5-2)21-6-3)19-22-31(28-17-10-8-11-18-28)29-23-25-14-12-13-15-26(25)24-29/h4,8,10-15,17-18,27,29H,1,5-7,9,16,19-24H2,2-3H3/t27-/m0/s1. The van der Waals surface area contributed by atoms with Crippen molar-refractivity contribution in [3.8, 4) is 0 Å². The van der Waals surface area contributed by atoms with Crippen molar-refractivity contribution < 1.29 is 0 Å². The highest BCUT2D eigenvalue weighted by molar-refractivity contribution is 5.49. The lowest BCUT2D eigenvalue weighted by atomic mass is 10.0. The Balaban J connectivity index is 1.74. The van der Waals surface area contributed by atoms with Crippen molar-refractivity contribution in [1.29, 1.82) is 0 Å². The first-order chi connectivity index (χ1) is 15.3. The average Bonchev–Trinajstić information content (AvgIpc) is 3.22. The van der Waals surface area contributed by atoms with Crippen LogP contribution in [-0.2, 0) is 12.8 Å². The summed E-state index contributed by atoms with van der Waals surface area (Å²) in [6.07, 6.45) is 11.8. The Kier molecular flexibility index (Phi) is 9.68. The van der Waals surface area contributed by atoms with Crippen LogP contribution in [0.15, 0.2) is 67.3 Å². The predicted molar refractivity (Wildman–Crippen MR) is 136 cm³/mol. The second-order valence-electron chi connectivity index (χ2n) is 9.06. The van der Waals surface area contributed by atoms with Crippen LogP contribution < -0.4 is 4.90 Å². The summed E-state index contributed by atoms with van der Waals surface area (Å²) in [6.45, 7) is 12.1. The zero-order chi connectivity index (χ0) is 21.9. The van der Waals surface area contributed by atoms with Gasteiger partial charge in [0.2, 0.25) is 0 Å². The fourth-order valence-corrected chi connectivity index (χ4v) is 5.24. The van der Waals surface area contributed by atoms with Crippen LogP contribution in [0.3, 0.4) is 0 Å². The summed E-state index contributed by atoms with van der Waals surface area (Å²) in [4.78, 5) is 5.46. The van der Waals surface area contributed by atoms with Crippen LogP contribution in [0.1, 0.15) is 63.5 Å². The molecule has 3 rings (SSSR count). The van der Waals surface area contributed by atoms with Crippen LogP contribution in [-0.4, -0.2) is 36.6 Å². The summed E-state index contributed by atoms with van der Waals surface area (Å²) in [5, 5.41) is 0. The minimum absolute atomic E-state index is 0.569.